The molecule has 1 aliphatic rings. The number of hydrogen-bond acceptors (Lipinski definition) is 1. The van der Waals surface area contributed by atoms with Crippen LogP contribution in [0.25, 0.3) is 0 Å². The zero-order valence-corrected chi connectivity index (χ0v) is 10.2. The minimum atomic E-state index is -4.12. The van der Waals surface area contributed by atoms with Crippen LogP contribution in [0.1, 0.15) is 55.2 Å². The van der Waals surface area contributed by atoms with Crippen LogP contribution in [0.15, 0.2) is 24.3 Å². The lowest BCUT2D eigenvalue weighted by atomic mass is 9.79. The van der Waals surface area contributed by atoms with Crippen LogP contribution < -0.4 is 5.73 Å². The van der Waals surface area contributed by atoms with Crippen LogP contribution in [-0.2, 0) is 0 Å². The van der Waals surface area contributed by atoms with Crippen LogP contribution in [0.3, 0.4) is 0 Å². The summed E-state index contributed by atoms with van der Waals surface area (Å²) < 4.78 is 36.4. The van der Waals surface area contributed by atoms with Crippen LogP contribution in [0, 0.1) is 0 Å². The minimum Gasteiger partial charge on any atom is -0.324 e. The molecular formula is C14H18F3N. The van der Waals surface area contributed by atoms with E-state index in [0.29, 0.717) is 5.92 Å². The summed E-state index contributed by atoms with van der Waals surface area (Å²) in [5.41, 5.74) is 7.88. The number of rotatable bonds is 4. The fourth-order valence-corrected chi connectivity index (χ4v) is 2.27. The van der Waals surface area contributed by atoms with Gasteiger partial charge in [0.2, 0.25) is 0 Å². The fraction of sp³-hybridized carbons (Fsp3) is 0.571. The fourth-order valence-electron chi connectivity index (χ4n) is 2.27. The summed E-state index contributed by atoms with van der Waals surface area (Å²) in [4.78, 5) is 0. The van der Waals surface area contributed by atoms with Crippen molar-refractivity contribution in [3.63, 3.8) is 0 Å². The quantitative estimate of drug-likeness (QED) is 0.855. The van der Waals surface area contributed by atoms with E-state index in [4.69, 9.17) is 5.73 Å². The number of halogens is 3. The Labute approximate surface area is 105 Å². The highest BCUT2D eigenvalue weighted by Crippen LogP contribution is 2.37. The van der Waals surface area contributed by atoms with Crippen molar-refractivity contribution in [2.45, 2.75) is 50.2 Å². The molecule has 1 unspecified atom stereocenters. The lowest BCUT2D eigenvalue weighted by Gasteiger charge is -2.26. The van der Waals surface area contributed by atoms with Crippen LogP contribution in [0.4, 0.5) is 13.2 Å². The Kier molecular flexibility index (Phi) is 3.95. The largest absolute Gasteiger partial charge is 0.389 e. The average Bonchev–Trinajstić information content (AvgIpc) is 2.23. The van der Waals surface area contributed by atoms with Crippen LogP contribution in [-0.4, -0.2) is 6.18 Å². The SMILES string of the molecule is NC(CCC(F)(F)F)c1cccc(C2CCC2)c1. The maximum Gasteiger partial charge on any atom is 0.389 e. The van der Waals surface area contributed by atoms with E-state index in [1.54, 1.807) is 0 Å². The predicted octanol–water partition coefficient (Wildman–Crippen LogP) is 4.30. The van der Waals surface area contributed by atoms with Gasteiger partial charge in [0.25, 0.3) is 0 Å². The van der Waals surface area contributed by atoms with Crippen molar-refractivity contribution in [1.82, 2.24) is 0 Å². The van der Waals surface area contributed by atoms with Gasteiger partial charge in [-0.2, -0.15) is 13.2 Å². The molecule has 0 amide bonds. The Balaban J connectivity index is 1.98. The van der Waals surface area contributed by atoms with Crippen molar-refractivity contribution in [3.8, 4) is 0 Å². The molecule has 18 heavy (non-hydrogen) atoms. The molecule has 1 atom stereocenters. The standard InChI is InChI=1S/C14H18F3N/c15-14(16,17)8-7-13(18)12-6-2-5-11(9-12)10-3-1-4-10/h2,5-6,9-10,13H,1,3-4,7-8,18H2. The maximum absolute atomic E-state index is 12.1. The van der Waals surface area contributed by atoms with Crippen LogP contribution >= 0.6 is 0 Å². The Morgan fingerprint density at radius 1 is 1.28 bits per heavy atom. The van der Waals surface area contributed by atoms with Gasteiger partial charge in [-0.15, -0.1) is 0 Å². The molecule has 2 N–H and O–H groups in total. The number of alkyl halides is 3. The molecule has 0 bridgehead atoms. The lowest BCUT2D eigenvalue weighted by Crippen LogP contribution is -2.16. The van der Waals surface area contributed by atoms with E-state index in [2.05, 4.69) is 0 Å². The average molecular weight is 257 g/mol. The van der Waals surface area contributed by atoms with E-state index >= 15 is 0 Å². The first kappa shape index (κ1) is 13.4. The van der Waals surface area contributed by atoms with Crippen LogP contribution in [0.5, 0.6) is 0 Å². The highest BCUT2D eigenvalue weighted by Gasteiger charge is 2.28. The highest BCUT2D eigenvalue weighted by molar-refractivity contribution is 5.29. The third-order valence-electron chi connectivity index (χ3n) is 3.65. The smallest absolute Gasteiger partial charge is 0.324 e. The van der Waals surface area contributed by atoms with Gasteiger partial charge >= 0.3 is 6.18 Å². The minimum absolute atomic E-state index is 0.0440. The molecule has 1 aromatic rings. The zero-order valence-electron chi connectivity index (χ0n) is 10.2. The molecule has 1 aromatic carbocycles. The van der Waals surface area contributed by atoms with E-state index in [1.165, 1.54) is 24.8 Å². The zero-order chi connectivity index (χ0) is 13.2. The molecule has 0 saturated heterocycles. The monoisotopic (exact) mass is 257 g/mol. The van der Waals surface area contributed by atoms with Gasteiger partial charge in [0.05, 0.1) is 0 Å². The number of nitrogens with two attached hydrogens (primary N) is 1. The predicted molar refractivity (Wildman–Crippen MR) is 65.3 cm³/mol. The molecule has 0 aromatic heterocycles. The third kappa shape index (κ3) is 3.48. The Hall–Kier alpha value is -1.03. The molecule has 1 saturated carbocycles. The Bertz CT molecular complexity index is 396. The van der Waals surface area contributed by atoms with Gasteiger partial charge in [-0.05, 0) is 36.3 Å². The van der Waals surface area contributed by atoms with E-state index < -0.39 is 18.6 Å². The second-order valence-corrected chi connectivity index (χ2v) is 5.06. The van der Waals surface area contributed by atoms with Crippen molar-refractivity contribution in [2.75, 3.05) is 0 Å². The topological polar surface area (TPSA) is 26.0 Å². The number of hydrogen-bond donors (Lipinski definition) is 1. The number of benzene rings is 1. The van der Waals surface area contributed by atoms with Gasteiger partial charge in [-0.25, -0.2) is 0 Å². The summed E-state index contributed by atoms with van der Waals surface area (Å²) in [6, 6.07) is 7.22. The first-order valence-electron chi connectivity index (χ1n) is 6.38. The molecule has 0 heterocycles. The third-order valence-corrected chi connectivity index (χ3v) is 3.65. The van der Waals surface area contributed by atoms with Crippen molar-refractivity contribution in [1.29, 1.82) is 0 Å². The van der Waals surface area contributed by atoms with E-state index in [-0.39, 0.29) is 6.42 Å². The molecule has 1 nitrogen and oxygen atoms in total. The van der Waals surface area contributed by atoms with E-state index in [9.17, 15) is 13.2 Å². The van der Waals surface area contributed by atoms with E-state index in [1.807, 2.05) is 24.3 Å². The van der Waals surface area contributed by atoms with Crippen molar-refractivity contribution < 1.29 is 13.2 Å². The summed E-state index contributed by atoms with van der Waals surface area (Å²) in [5.74, 6) is 0.583. The second kappa shape index (κ2) is 5.31. The maximum atomic E-state index is 12.1. The molecule has 0 spiro atoms. The van der Waals surface area contributed by atoms with Crippen LogP contribution in [0.2, 0.25) is 0 Å². The molecule has 0 aliphatic heterocycles. The second-order valence-electron chi connectivity index (χ2n) is 5.06. The van der Waals surface area contributed by atoms with Gasteiger partial charge in [0.1, 0.15) is 0 Å². The normalized spacial score (nSPS) is 18.4. The molecule has 100 valence electrons. The summed E-state index contributed by atoms with van der Waals surface area (Å²) >= 11 is 0. The first-order chi connectivity index (χ1) is 8.46. The molecule has 1 aliphatic carbocycles. The summed E-state index contributed by atoms with van der Waals surface area (Å²) in [7, 11) is 0. The van der Waals surface area contributed by atoms with Gasteiger partial charge in [-0.3, -0.25) is 0 Å². The van der Waals surface area contributed by atoms with Gasteiger partial charge in [-0.1, -0.05) is 30.7 Å². The van der Waals surface area contributed by atoms with E-state index in [0.717, 1.165) is 5.56 Å². The molecule has 2 rings (SSSR count). The van der Waals surface area contributed by atoms with Gasteiger partial charge in [0.15, 0.2) is 0 Å². The molecule has 0 radical (unpaired) electrons. The lowest BCUT2D eigenvalue weighted by molar-refractivity contribution is -0.136. The van der Waals surface area contributed by atoms with Gasteiger partial charge < -0.3 is 5.73 Å². The summed E-state index contributed by atoms with van der Waals surface area (Å²) in [5, 5.41) is 0. The molecule has 1 fully saturated rings. The highest BCUT2D eigenvalue weighted by atomic mass is 19.4. The summed E-state index contributed by atoms with van der Waals surface area (Å²) in [6.45, 7) is 0. The van der Waals surface area contributed by atoms with Crippen molar-refractivity contribution >= 4 is 0 Å². The molecule has 4 heteroatoms. The van der Waals surface area contributed by atoms with Crippen molar-refractivity contribution in [3.05, 3.63) is 35.4 Å². The Morgan fingerprint density at radius 3 is 2.56 bits per heavy atom. The van der Waals surface area contributed by atoms with Crippen molar-refractivity contribution in [2.24, 2.45) is 5.73 Å². The molecular weight excluding hydrogens is 239 g/mol. The Morgan fingerprint density at radius 2 is 2.00 bits per heavy atom. The first-order valence-corrected chi connectivity index (χ1v) is 6.38. The van der Waals surface area contributed by atoms with Gasteiger partial charge in [0, 0.05) is 12.5 Å². The summed E-state index contributed by atoms with van der Waals surface area (Å²) in [6.07, 6.45) is -1.37.